The van der Waals surface area contributed by atoms with Crippen LogP contribution in [-0.2, 0) is 11.4 Å². The van der Waals surface area contributed by atoms with Crippen molar-refractivity contribution in [3.63, 3.8) is 0 Å². The van der Waals surface area contributed by atoms with E-state index in [0.717, 1.165) is 11.5 Å². The second kappa shape index (κ2) is 4.11. The zero-order valence-electron chi connectivity index (χ0n) is 9.47. The fourth-order valence-electron chi connectivity index (χ4n) is 0.929. The number of hydroxylamine groups is 1. The molecule has 0 aromatic carbocycles. The average molecular weight is 198 g/mol. The lowest BCUT2D eigenvalue weighted by molar-refractivity contribution is -0.0780. The van der Waals surface area contributed by atoms with E-state index in [1.54, 1.807) is 0 Å². The first kappa shape index (κ1) is 11.2. The van der Waals surface area contributed by atoms with Crippen molar-refractivity contribution in [1.29, 1.82) is 0 Å². The van der Waals surface area contributed by atoms with Gasteiger partial charge in [0.05, 0.1) is 17.8 Å². The van der Waals surface area contributed by atoms with E-state index in [0.29, 0.717) is 12.4 Å². The molecule has 1 rings (SSSR count). The largest absolute Gasteiger partial charge is 0.444 e. The molecule has 4 nitrogen and oxygen atoms in total. The summed E-state index contributed by atoms with van der Waals surface area (Å²) in [6.07, 6.45) is 0. The zero-order valence-corrected chi connectivity index (χ0v) is 9.47. The molecular weight excluding hydrogens is 180 g/mol. The van der Waals surface area contributed by atoms with Crippen molar-refractivity contribution in [3.05, 3.63) is 17.3 Å². The second-order valence-electron chi connectivity index (χ2n) is 4.28. The molecule has 1 aromatic heterocycles. The Morgan fingerprint density at radius 3 is 2.43 bits per heavy atom. The second-order valence-corrected chi connectivity index (χ2v) is 4.28. The Bertz CT molecular complexity index is 280. The summed E-state index contributed by atoms with van der Waals surface area (Å²) in [5.41, 5.74) is 3.56. The maximum absolute atomic E-state index is 5.38. The number of nitrogens with one attached hydrogen (secondary N) is 1. The fourth-order valence-corrected chi connectivity index (χ4v) is 0.929. The van der Waals surface area contributed by atoms with Gasteiger partial charge in [0, 0.05) is 0 Å². The number of oxazole rings is 1. The summed E-state index contributed by atoms with van der Waals surface area (Å²) < 4.78 is 5.38. The highest BCUT2D eigenvalue weighted by molar-refractivity contribution is 5.04. The van der Waals surface area contributed by atoms with Gasteiger partial charge in [0.2, 0.25) is 5.89 Å². The maximum atomic E-state index is 5.38. The molecule has 0 radical (unpaired) electrons. The predicted molar refractivity (Wildman–Crippen MR) is 53.7 cm³/mol. The first-order chi connectivity index (χ1) is 6.38. The highest BCUT2D eigenvalue weighted by atomic mass is 16.7. The Morgan fingerprint density at radius 1 is 1.36 bits per heavy atom. The lowest BCUT2D eigenvalue weighted by atomic mass is 10.2. The van der Waals surface area contributed by atoms with Crippen molar-refractivity contribution in [2.75, 3.05) is 0 Å². The van der Waals surface area contributed by atoms with Crippen molar-refractivity contribution < 1.29 is 9.25 Å². The minimum atomic E-state index is -0.198. The standard InChI is InChI=1S/C10H18N2O2/c1-7-8(2)13-9(12-7)6-11-14-10(3,4)5/h11H,6H2,1-5H3. The SMILES string of the molecule is Cc1nc(CNOC(C)(C)C)oc1C. The van der Waals surface area contributed by atoms with Crippen LogP contribution in [0, 0.1) is 13.8 Å². The van der Waals surface area contributed by atoms with Crippen LogP contribution in [-0.4, -0.2) is 10.6 Å². The third-order valence-corrected chi connectivity index (χ3v) is 1.67. The van der Waals surface area contributed by atoms with Crippen molar-refractivity contribution in [2.24, 2.45) is 0 Å². The molecule has 80 valence electrons. The van der Waals surface area contributed by atoms with Crippen LogP contribution < -0.4 is 5.48 Å². The summed E-state index contributed by atoms with van der Waals surface area (Å²) in [7, 11) is 0. The fraction of sp³-hybridized carbons (Fsp3) is 0.700. The van der Waals surface area contributed by atoms with Gasteiger partial charge in [0.15, 0.2) is 0 Å². The minimum absolute atomic E-state index is 0.198. The number of hydrogen-bond acceptors (Lipinski definition) is 4. The number of nitrogens with zero attached hydrogens (tertiary/aromatic N) is 1. The monoisotopic (exact) mass is 198 g/mol. The van der Waals surface area contributed by atoms with Gasteiger partial charge in [-0.2, -0.15) is 5.48 Å². The van der Waals surface area contributed by atoms with Gasteiger partial charge < -0.3 is 4.42 Å². The molecule has 4 heteroatoms. The molecule has 0 aliphatic carbocycles. The summed E-state index contributed by atoms with van der Waals surface area (Å²) in [4.78, 5) is 9.55. The Hall–Kier alpha value is -0.870. The smallest absolute Gasteiger partial charge is 0.210 e. The highest BCUT2D eigenvalue weighted by Gasteiger charge is 2.11. The lowest BCUT2D eigenvalue weighted by Gasteiger charge is -2.18. The van der Waals surface area contributed by atoms with Crippen LogP contribution in [0.15, 0.2) is 4.42 Å². The number of aryl methyl sites for hydroxylation is 2. The zero-order chi connectivity index (χ0) is 10.8. The minimum Gasteiger partial charge on any atom is -0.444 e. The topological polar surface area (TPSA) is 47.3 Å². The van der Waals surface area contributed by atoms with Crippen molar-refractivity contribution in [2.45, 2.75) is 46.8 Å². The van der Waals surface area contributed by atoms with E-state index in [1.807, 2.05) is 34.6 Å². The molecular formula is C10H18N2O2. The van der Waals surface area contributed by atoms with E-state index in [9.17, 15) is 0 Å². The van der Waals surface area contributed by atoms with E-state index in [4.69, 9.17) is 9.25 Å². The highest BCUT2D eigenvalue weighted by Crippen LogP contribution is 2.09. The van der Waals surface area contributed by atoms with Crippen LogP contribution >= 0.6 is 0 Å². The lowest BCUT2D eigenvalue weighted by Crippen LogP contribution is -2.28. The number of rotatable bonds is 3. The summed E-state index contributed by atoms with van der Waals surface area (Å²) in [6.45, 7) is 10.2. The van der Waals surface area contributed by atoms with Crippen molar-refractivity contribution in [1.82, 2.24) is 10.5 Å². The van der Waals surface area contributed by atoms with E-state index in [2.05, 4.69) is 10.5 Å². The van der Waals surface area contributed by atoms with Crippen LogP contribution in [0.4, 0.5) is 0 Å². The van der Waals surface area contributed by atoms with Gasteiger partial charge in [-0.25, -0.2) is 4.98 Å². The van der Waals surface area contributed by atoms with Crippen molar-refractivity contribution >= 4 is 0 Å². The normalized spacial score (nSPS) is 12.1. The van der Waals surface area contributed by atoms with Gasteiger partial charge in [0.25, 0.3) is 0 Å². The van der Waals surface area contributed by atoms with E-state index in [1.165, 1.54) is 0 Å². The third-order valence-electron chi connectivity index (χ3n) is 1.67. The van der Waals surface area contributed by atoms with Crippen LogP contribution in [0.2, 0.25) is 0 Å². The van der Waals surface area contributed by atoms with Gasteiger partial charge >= 0.3 is 0 Å². The maximum Gasteiger partial charge on any atom is 0.210 e. The molecule has 0 saturated heterocycles. The van der Waals surface area contributed by atoms with Crippen LogP contribution in [0.1, 0.15) is 38.1 Å². The van der Waals surface area contributed by atoms with Crippen LogP contribution in [0.3, 0.4) is 0 Å². The molecule has 0 unspecified atom stereocenters. The van der Waals surface area contributed by atoms with Gasteiger partial charge in [-0.3, -0.25) is 4.84 Å². The molecule has 0 spiro atoms. The quantitative estimate of drug-likeness (QED) is 0.756. The van der Waals surface area contributed by atoms with Crippen molar-refractivity contribution in [3.8, 4) is 0 Å². The van der Waals surface area contributed by atoms with E-state index in [-0.39, 0.29) is 5.60 Å². The molecule has 1 aromatic rings. The summed E-state index contributed by atoms with van der Waals surface area (Å²) in [5, 5.41) is 0. The first-order valence-electron chi connectivity index (χ1n) is 4.72. The molecule has 0 aliphatic heterocycles. The van der Waals surface area contributed by atoms with Crippen LogP contribution in [0.5, 0.6) is 0 Å². The van der Waals surface area contributed by atoms with E-state index < -0.39 is 0 Å². The molecule has 14 heavy (non-hydrogen) atoms. The van der Waals surface area contributed by atoms with Gasteiger partial charge in [-0.15, -0.1) is 0 Å². The summed E-state index contributed by atoms with van der Waals surface area (Å²) >= 11 is 0. The van der Waals surface area contributed by atoms with Crippen LogP contribution in [0.25, 0.3) is 0 Å². The molecule has 0 fully saturated rings. The number of hydrogen-bond donors (Lipinski definition) is 1. The molecule has 1 heterocycles. The van der Waals surface area contributed by atoms with Gasteiger partial charge in [0.1, 0.15) is 5.76 Å². The predicted octanol–water partition coefficient (Wildman–Crippen LogP) is 2.11. The molecule has 1 N–H and O–H groups in total. The summed E-state index contributed by atoms with van der Waals surface area (Å²) in [5.74, 6) is 1.52. The van der Waals surface area contributed by atoms with E-state index >= 15 is 0 Å². The molecule has 0 atom stereocenters. The Morgan fingerprint density at radius 2 is 2.00 bits per heavy atom. The molecule has 0 amide bonds. The first-order valence-corrected chi connectivity index (χ1v) is 4.72. The third kappa shape index (κ3) is 3.47. The average Bonchev–Trinajstić information content (AvgIpc) is 2.28. The van der Waals surface area contributed by atoms with Gasteiger partial charge in [-0.1, -0.05) is 0 Å². The Labute approximate surface area is 84.6 Å². The number of aromatic nitrogens is 1. The molecule has 0 aliphatic rings. The molecule has 0 bridgehead atoms. The molecule has 0 saturated carbocycles. The Kier molecular flexibility index (Phi) is 3.29. The van der Waals surface area contributed by atoms with Gasteiger partial charge in [-0.05, 0) is 34.6 Å². The Balaban J connectivity index is 2.39. The summed E-state index contributed by atoms with van der Waals surface area (Å²) in [6, 6.07) is 0.